The molecule has 1 atom stereocenters. The van der Waals surface area contributed by atoms with Crippen LogP contribution in [-0.2, 0) is 7.05 Å². The van der Waals surface area contributed by atoms with Gasteiger partial charge in [-0.1, -0.05) is 24.9 Å². The summed E-state index contributed by atoms with van der Waals surface area (Å²) in [6.07, 6.45) is 5.30. The molecule has 1 aromatic heterocycles. The number of hydrogen-bond acceptors (Lipinski definition) is 3. The molecular weight excluding hydrogens is 238 g/mol. The summed E-state index contributed by atoms with van der Waals surface area (Å²) < 4.78 is 1.57. The molecule has 17 heavy (non-hydrogen) atoms. The lowest BCUT2D eigenvalue weighted by atomic mass is 9.85. The molecule has 0 saturated carbocycles. The van der Waals surface area contributed by atoms with E-state index in [2.05, 4.69) is 17.3 Å². The van der Waals surface area contributed by atoms with Crippen molar-refractivity contribution in [3.63, 3.8) is 0 Å². The van der Waals surface area contributed by atoms with E-state index in [-0.39, 0.29) is 5.78 Å². The predicted molar refractivity (Wildman–Crippen MR) is 67.4 cm³/mol. The van der Waals surface area contributed by atoms with E-state index in [4.69, 9.17) is 11.6 Å². The summed E-state index contributed by atoms with van der Waals surface area (Å²) in [5, 5.41) is 7.85. The van der Waals surface area contributed by atoms with Gasteiger partial charge in [-0.3, -0.25) is 9.48 Å². The number of aryl methyl sites for hydroxylation is 1. The lowest BCUT2D eigenvalue weighted by Crippen LogP contribution is -2.48. The van der Waals surface area contributed by atoms with Crippen molar-refractivity contribution in [2.24, 2.45) is 7.05 Å². The molecule has 1 aliphatic rings. The third-order valence-corrected chi connectivity index (χ3v) is 3.74. The zero-order chi connectivity index (χ0) is 12.5. The minimum Gasteiger partial charge on any atom is -0.305 e. The van der Waals surface area contributed by atoms with Gasteiger partial charge in [-0.05, 0) is 25.8 Å². The summed E-state index contributed by atoms with van der Waals surface area (Å²) in [5.74, 6) is 0.0850. The minimum atomic E-state index is -0.424. The van der Waals surface area contributed by atoms with Crippen molar-refractivity contribution in [3.05, 3.63) is 16.9 Å². The van der Waals surface area contributed by atoms with Crippen molar-refractivity contribution in [2.75, 3.05) is 6.54 Å². The van der Waals surface area contributed by atoms with E-state index in [0.29, 0.717) is 10.7 Å². The van der Waals surface area contributed by atoms with Gasteiger partial charge in [0.15, 0.2) is 0 Å². The van der Waals surface area contributed by atoms with Crippen LogP contribution in [0.2, 0.25) is 5.02 Å². The molecule has 0 spiro atoms. The van der Waals surface area contributed by atoms with Crippen LogP contribution < -0.4 is 5.32 Å². The van der Waals surface area contributed by atoms with Crippen molar-refractivity contribution >= 4 is 17.4 Å². The fourth-order valence-corrected chi connectivity index (χ4v) is 2.90. The first-order valence-electron chi connectivity index (χ1n) is 6.08. The number of hydrogen-bond donors (Lipinski definition) is 1. The van der Waals surface area contributed by atoms with E-state index in [1.165, 1.54) is 6.20 Å². The average Bonchev–Trinajstić information content (AvgIpc) is 2.88. The summed E-state index contributed by atoms with van der Waals surface area (Å²) in [5.41, 5.74) is 0.0983. The van der Waals surface area contributed by atoms with E-state index in [1.807, 2.05) is 0 Å². The van der Waals surface area contributed by atoms with Gasteiger partial charge in [-0.25, -0.2) is 0 Å². The lowest BCUT2D eigenvalue weighted by molar-refractivity contribution is 0.0847. The third-order valence-electron chi connectivity index (χ3n) is 3.46. The number of nitrogens with zero attached hydrogens (tertiary/aromatic N) is 2. The Labute approximate surface area is 106 Å². The Morgan fingerprint density at radius 1 is 1.71 bits per heavy atom. The number of carbonyl (C=O) groups excluding carboxylic acids is 1. The zero-order valence-electron chi connectivity index (χ0n) is 10.3. The van der Waals surface area contributed by atoms with Crippen molar-refractivity contribution in [1.29, 1.82) is 0 Å². The minimum absolute atomic E-state index is 0.0850. The first-order valence-corrected chi connectivity index (χ1v) is 6.46. The number of aromatic nitrogens is 2. The number of carbonyl (C=O) groups is 1. The molecule has 0 aromatic carbocycles. The Morgan fingerprint density at radius 3 is 2.94 bits per heavy atom. The SMILES string of the molecule is CCCC1(C(=O)c2c(Cl)cnn2C)CCCN1. The normalized spacial score (nSPS) is 24.2. The lowest BCUT2D eigenvalue weighted by Gasteiger charge is -2.27. The van der Waals surface area contributed by atoms with Crippen molar-refractivity contribution in [2.45, 2.75) is 38.1 Å². The smallest absolute Gasteiger partial charge is 0.202 e. The molecule has 1 aliphatic heterocycles. The van der Waals surface area contributed by atoms with Gasteiger partial charge < -0.3 is 5.32 Å². The third kappa shape index (κ3) is 2.11. The summed E-state index contributed by atoms with van der Waals surface area (Å²) in [7, 11) is 1.76. The van der Waals surface area contributed by atoms with Crippen LogP contribution in [0, 0.1) is 0 Å². The maximum Gasteiger partial charge on any atom is 0.202 e. The molecule has 1 saturated heterocycles. The van der Waals surface area contributed by atoms with E-state index in [0.717, 1.165) is 32.2 Å². The maximum absolute atomic E-state index is 12.7. The number of rotatable bonds is 4. The van der Waals surface area contributed by atoms with Crippen LogP contribution in [0.25, 0.3) is 0 Å². The van der Waals surface area contributed by atoms with E-state index in [9.17, 15) is 4.79 Å². The van der Waals surface area contributed by atoms with Gasteiger partial charge in [0, 0.05) is 7.05 Å². The number of halogens is 1. The highest BCUT2D eigenvalue weighted by Gasteiger charge is 2.42. The highest BCUT2D eigenvalue weighted by Crippen LogP contribution is 2.30. The summed E-state index contributed by atoms with van der Waals surface area (Å²) in [6, 6.07) is 0. The fourth-order valence-electron chi connectivity index (χ4n) is 2.65. The Morgan fingerprint density at radius 2 is 2.47 bits per heavy atom. The molecule has 2 heterocycles. The molecular formula is C12H18ClN3O. The van der Waals surface area contributed by atoms with Gasteiger partial charge in [0.05, 0.1) is 16.8 Å². The first kappa shape index (κ1) is 12.6. The molecule has 0 radical (unpaired) electrons. The van der Waals surface area contributed by atoms with Gasteiger partial charge in [-0.2, -0.15) is 5.10 Å². The van der Waals surface area contributed by atoms with Gasteiger partial charge in [-0.15, -0.1) is 0 Å². The van der Waals surface area contributed by atoms with E-state index >= 15 is 0 Å². The summed E-state index contributed by atoms with van der Waals surface area (Å²) in [4.78, 5) is 12.7. The zero-order valence-corrected chi connectivity index (χ0v) is 11.0. The van der Waals surface area contributed by atoms with Crippen LogP contribution in [-0.4, -0.2) is 27.6 Å². The van der Waals surface area contributed by atoms with Crippen LogP contribution in [0.5, 0.6) is 0 Å². The van der Waals surface area contributed by atoms with Crippen LogP contribution >= 0.6 is 11.6 Å². The van der Waals surface area contributed by atoms with Crippen LogP contribution in [0.3, 0.4) is 0 Å². The largest absolute Gasteiger partial charge is 0.305 e. The molecule has 4 nitrogen and oxygen atoms in total. The quantitative estimate of drug-likeness (QED) is 0.839. The van der Waals surface area contributed by atoms with Crippen LogP contribution in [0.1, 0.15) is 43.1 Å². The average molecular weight is 256 g/mol. The maximum atomic E-state index is 12.7. The second-order valence-corrected chi connectivity index (χ2v) is 5.06. The van der Waals surface area contributed by atoms with Gasteiger partial charge in [0.1, 0.15) is 5.69 Å². The van der Waals surface area contributed by atoms with Crippen LogP contribution in [0.15, 0.2) is 6.20 Å². The van der Waals surface area contributed by atoms with Crippen LogP contribution in [0.4, 0.5) is 0 Å². The molecule has 1 aromatic rings. The van der Waals surface area contributed by atoms with E-state index < -0.39 is 5.54 Å². The monoisotopic (exact) mass is 255 g/mol. The second-order valence-electron chi connectivity index (χ2n) is 4.66. The molecule has 2 rings (SSSR count). The highest BCUT2D eigenvalue weighted by atomic mass is 35.5. The Balaban J connectivity index is 2.35. The van der Waals surface area contributed by atoms with Gasteiger partial charge >= 0.3 is 0 Å². The second kappa shape index (κ2) is 4.78. The Bertz CT molecular complexity index is 402. The van der Waals surface area contributed by atoms with Gasteiger partial charge in [0.2, 0.25) is 5.78 Å². The molecule has 0 aliphatic carbocycles. The fraction of sp³-hybridized carbons (Fsp3) is 0.667. The number of ketones is 1. The summed E-state index contributed by atoms with van der Waals surface area (Å²) >= 11 is 6.05. The van der Waals surface area contributed by atoms with Gasteiger partial charge in [0.25, 0.3) is 0 Å². The predicted octanol–water partition coefficient (Wildman–Crippen LogP) is 2.18. The van der Waals surface area contributed by atoms with Crippen molar-refractivity contribution < 1.29 is 4.79 Å². The standard InChI is InChI=1S/C12H18ClN3O/c1-3-5-12(6-4-7-14-12)11(17)10-9(13)8-15-16(10)2/h8,14H,3-7H2,1-2H3. The molecule has 1 N–H and O–H groups in total. The Kier molecular flexibility index (Phi) is 3.54. The molecule has 94 valence electrons. The molecule has 0 bridgehead atoms. The molecule has 0 amide bonds. The van der Waals surface area contributed by atoms with Crippen molar-refractivity contribution in [3.8, 4) is 0 Å². The molecule has 1 unspecified atom stereocenters. The first-order chi connectivity index (χ1) is 8.10. The Hall–Kier alpha value is -0.870. The number of nitrogens with one attached hydrogen (secondary N) is 1. The number of Topliss-reactive ketones (excluding diaryl/α,β-unsaturated/α-hetero) is 1. The molecule has 1 fully saturated rings. The highest BCUT2D eigenvalue weighted by molar-refractivity contribution is 6.34. The van der Waals surface area contributed by atoms with Crippen molar-refractivity contribution in [1.82, 2.24) is 15.1 Å². The van der Waals surface area contributed by atoms with E-state index in [1.54, 1.807) is 11.7 Å². The topological polar surface area (TPSA) is 46.9 Å². The molecule has 5 heteroatoms. The summed E-state index contributed by atoms with van der Waals surface area (Å²) in [6.45, 7) is 3.00.